The molecule has 1 fully saturated rings. The number of phenols is 1. The fourth-order valence-corrected chi connectivity index (χ4v) is 4.41. The maximum Gasteiger partial charge on any atom is 0.174 e. The van der Waals surface area contributed by atoms with E-state index in [4.69, 9.17) is 23.8 Å². The van der Waals surface area contributed by atoms with E-state index in [0.717, 1.165) is 10.6 Å². The van der Waals surface area contributed by atoms with Gasteiger partial charge in [-0.1, -0.05) is 23.7 Å². The van der Waals surface area contributed by atoms with Gasteiger partial charge in [-0.05, 0) is 54.0 Å². The van der Waals surface area contributed by atoms with Crippen LogP contribution in [0.3, 0.4) is 0 Å². The van der Waals surface area contributed by atoms with Crippen molar-refractivity contribution in [1.29, 1.82) is 0 Å². The lowest BCUT2D eigenvalue weighted by Gasteiger charge is -2.27. The summed E-state index contributed by atoms with van der Waals surface area (Å²) in [5.41, 5.74) is 1.48. The molecule has 0 aliphatic carbocycles. The molecule has 1 aliphatic heterocycles. The Hall–Kier alpha value is -2.15. The topological polar surface area (TPSA) is 48.4 Å². The SMILES string of the molecule is Oc1ccc(Cl)cc1N1C(=S)N[C@@H](c2ccccn2)[C@@H]1c1cccs1. The second-order valence-corrected chi connectivity index (χ2v) is 7.45. The fourth-order valence-electron chi connectivity index (χ4n) is 3.05. The lowest BCUT2D eigenvalue weighted by atomic mass is 10.0. The molecule has 25 heavy (non-hydrogen) atoms. The van der Waals surface area contributed by atoms with Crippen molar-refractivity contribution in [3.63, 3.8) is 0 Å². The number of anilines is 1. The van der Waals surface area contributed by atoms with Crippen LogP contribution < -0.4 is 10.2 Å². The summed E-state index contributed by atoms with van der Waals surface area (Å²) in [5, 5.41) is 16.8. The number of thiocarbonyl (C=S) groups is 1. The smallest absolute Gasteiger partial charge is 0.174 e. The van der Waals surface area contributed by atoms with Gasteiger partial charge in [-0.2, -0.15) is 0 Å². The molecule has 1 aromatic carbocycles. The van der Waals surface area contributed by atoms with Gasteiger partial charge < -0.3 is 15.3 Å². The van der Waals surface area contributed by atoms with Crippen LogP contribution in [0.5, 0.6) is 5.75 Å². The molecule has 0 unspecified atom stereocenters. The molecular formula is C18H14ClN3OS2. The number of aromatic hydroxyl groups is 1. The molecule has 7 heteroatoms. The molecule has 0 bridgehead atoms. The Labute approximate surface area is 159 Å². The summed E-state index contributed by atoms with van der Waals surface area (Å²) >= 11 is 13.4. The number of benzene rings is 1. The molecule has 1 saturated heterocycles. The minimum atomic E-state index is -0.120. The minimum absolute atomic E-state index is 0.119. The Morgan fingerprint density at radius 1 is 1.20 bits per heavy atom. The number of nitrogens with zero attached hydrogens (tertiary/aromatic N) is 2. The molecule has 126 valence electrons. The predicted octanol–water partition coefficient (Wildman–Crippen LogP) is 4.68. The third-order valence-corrected chi connectivity index (χ3v) is 5.62. The molecule has 2 N–H and O–H groups in total. The first kappa shape index (κ1) is 16.3. The number of halogens is 1. The van der Waals surface area contributed by atoms with Gasteiger partial charge in [0.1, 0.15) is 5.75 Å². The second kappa shape index (κ2) is 6.63. The zero-order valence-electron chi connectivity index (χ0n) is 13.0. The Morgan fingerprint density at radius 3 is 2.80 bits per heavy atom. The van der Waals surface area contributed by atoms with Crippen LogP contribution in [0, 0.1) is 0 Å². The summed E-state index contributed by atoms with van der Waals surface area (Å²) in [5.74, 6) is 0.136. The van der Waals surface area contributed by atoms with Crippen molar-refractivity contribution in [2.24, 2.45) is 0 Å². The third-order valence-electron chi connectivity index (χ3n) is 4.13. The second-order valence-electron chi connectivity index (χ2n) is 5.65. The first-order chi connectivity index (χ1) is 12.1. The normalized spacial score (nSPS) is 19.9. The van der Waals surface area contributed by atoms with Gasteiger partial charge >= 0.3 is 0 Å². The highest BCUT2D eigenvalue weighted by Gasteiger charge is 2.42. The van der Waals surface area contributed by atoms with Gasteiger partial charge in [0, 0.05) is 16.1 Å². The van der Waals surface area contributed by atoms with Gasteiger partial charge in [-0.25, -0.2) is 0 Å². The van der Waals surface area contributed by atoms with Crippen molar-refractivity contribution < 1.29 is 5.11 Å². The van der Waals surface area contributed by atoms with E-state index in [2.05, 4.69) is 16.4 Å². The van der Waals surface area contributed by atoms with Crippen molar-refractivity contribution in [3.8, 4) is 5.75 Å². The van der Waals surface area contributed by atoms with Gasteiger partial charge in [0.15, 0.2) is 5.11 Å². The number of hydrogen-bond donors (Lipinski definition) is 2. The largest absolute Gasteiger partial charge is 0.506 e. The van der Waals surface area contributed by atoms with Crippen LogP contribution in [0.1, 0.15) is 22.7 Å². The van der Waals surface area contributed by atoms with E-state index in [-0.39, 0.29) is 17.8 Å². The van der Waals surface area contributed by atoms with Crippen molar-refractivity contribution in [2.75, 3.05) is 4.90 Å². The zero-order valence-corrected chi connectivity index (χ0v) is 15.4. The molecule has 3 heterocycles. The molecule has 3 aromatic rings. The lowest BCUT2D eigenvalue weighted by Crippen LogP contribution is -2.29. The Kier molecular flexibility index (Phi) is 4.33. The van der Waals surface area contributed by atoms with Gasteiger partial charge in [0.2, 0.25) is 0 Å². The van der Waals surface area contributed by atoms with E-state index in [9.17, 15) is 5.11 Å². The summed E-state index contributed by atoms with van der Waals surface area (Å²) in [4.78, 5) is 7.54. The molecule has 0 saturated carbocycles. The fraction of sp³-hybridized carbons (Fsp3) is 0.111. The number of rotatable bonds is 3. The summed E-state index contributed by atoms with van der Waals surface area (Å²) < 4.78 is 0. The molecular weight excluding hydrogens is 374 g/mol. The van der Waals surface area contributed by atoms with Crippen molar-refractivity contribution in [3.05, 3.63) is 75.7 Å². The molecule has 0 spiro atoms. The Morgan fingerprint density at radius 2 is 2.08 bits per heavy atom. The van der Waals surface area contributed by atoms with E-state index >= 15 is 0 Å². The zero-order chi connectivity index (χ0) is 17.4. The summed E-state index contributed by atoms with van der Waals surface area (Å²) in [7, 11) is 0. The predicted molar refractivity (Wildman–Crippen MR) is 105 cm³/mol. The quantitative estimate of drug-likeness (QED) is 0.639. The number of aromatic nitrogens is 1. The molecule has 2 aromatic heterocycles. The van der Waals surface area contributed by atoms with E-state index in [0.29, 0.717) is 15.8 Å². The van der Waals surface area contributed by atoms with Gasteiger partial charge in [-0.15, -0.1) is 11.3 Å². The van der Waals surface area contributed by atoms with Crippen LogP contribution in [0.4, 0.5) is 5.69 Å². The Bertz CT molecular complexity index is 902. The summed E-state index contributed by atoms with van der Waals surface area (Å²) in [6.45, 7) is 0. The van der Waals surface area contributed by atoms with Crippen LogP contribution in [0.25, 0.3) is 0 Å². The average molecular weight is 388 g/mol. The average Bonchev–Trinajstić information content (AvgIpc) is 3.25. The maximum atomic E-state index is 10.4. The van der Waals surface area contributed by atoms with Crippen LogP contribution in [-0.2, 0) is 0 Å². The number of hydrogen-bond acceptors (Lipinski definition) is 4. The number of nitrogens with one attached hydrogen (secondary N) is 1. The maximum absolute atomic E-state index is 10.4. The number of phenolic OH excluding ortho intramolecular Hbond substituents is 1. The van der Waals surface area contributed by atoms with E-state index in [1.54, 1.807) is 35.7 Å². The van der Waals surface area contributed by atoms with Crippen molar-refractivity contribution in [2.45, 2.75) is 12.1 Å². The third kappa shape index (κ3) is 2.97. The highest BCUT2D eigenvalue weighted by molar-refractivity contribution is 7.80. The first-order valence-corrected chi connectivity index (χ1v) is 9.34. The van der Waals surface area contributed by atoms with Gasteiger partial charge in [0.25, 0.3) is 0 Å². The lowest BCUT2D eigenvalue weighted by molar-refractivity contribution is 0.473. The molecule has 0 radical (unpaired) electrons. The van der Waals surface area contributed by atoms with E-state index in [1.165, 1.54) is 0 Å². The molecule has 2 atom stereocenters. The monoisotopic (exact) mass is 387 g/mol. The van der Waals surface area contributed by atoms with E-state index < -0.39 is 0 Å². The summed E-state index contributed by atoms with van der Waals surface area (Å²) in [6, 6.07) is 14.6. The summed E-state index contributed by atoms with van der Waals surface area (Å²) in [6.07, 6.45) is 1.77. The Balaban J connectivity index is 1.85. The molecule has 0 amide bonds. The minimum Gasteiger partial charge on any atom is -0.506 e. The number of pyridine rings is 1. The van der Waals surface area contributed by atoms with Crippen molar-refractivity contribution in [1.82, 2.24) is 10.3 Å². The number of thiophene rings is 1. The van der Waals surface area contributed by atoms with Gasteiger partial charge in [0.05, 0.1) is 23.5 Å². The standard InChI is InChI=1S/C18H14ClN3OS2/c19-11-6-7-14(23)13(10-11)22-17(15-5-3-9-25-15)16(21-18(22)24)12-4-1-2-8-20-12/h1-10,16-17,23H,(H,21,24)/t16-,17-/m0/s1. The van der Waals surface area contributed by atoms with Crippen molar-refractivity contribution >= 4 is 46.0 Å². The van der Waals surface area contributed by atoms with Crippen LogP contribution in [0.15, 0.2) is 60.1 Å². The highest BCUT2D eigenvalue weighted by Crippen LogP contribution is 2.45. The highest BCUT2D eigenvalue weighted by atomic mass is 35.5. The first-order valence-electron chi connectivity index (χ1n) is 7.68. The van der Waals surface area contributed by atoms with Crippen LogP contribution >= 0.6 is 35.2 Å². The molecule has 4 rings (SSSR count). The van der Waals surface area contributed by atoms with Gasteiger partial charge in [-0.3, -0.25) is 4.98 Å². The molecule has 1 aliphatic rings. The molecule has 4 nitrogen and oxygen atoms in total. The van der Waals surface area contributed by atoms with Crippen LogP contribution in [-0.4, -0.2) is 15.2 Å². The van der Waals surface area contributed by atoms with Crippen LogP contribution in [0.2, 0.25) is 5.02 Å². The van der Waals surface area contributed by atoms with E-state index in [1.807, 2.05) is 34.5 Å².